The Hall–Kier alpha value is -2.98. The van der Waals surface area contributed by atoms with Crippen LogP contribution in [0.15, 0.2) is 41.2 Å². The SMILES string of the molecule is CCCO.Cc1c(C)c(C)c2c(nc3c4cccc5cccc(c(=O)n32)c54)c1C. The van der Waals surface area contributed by atoms with E-state index in [4.69, 9.17) is 10.1 Å². The molecule has 0 saturated carbocycles. The van der Waals surface area contributed by atoms with Gasteiger partial charge in [0.25, 0.3) is 5.56 Å². The Morgan fingerprint density at radius 1 is 0.897 bits per heavy atom. The number of pyridine rings is 1. The second-order valence-electron chi connectivity index (χ2n) is 7.71. The maximum atomic E-state index is 13.4. The van der Waals surface area contributed by atoms with Crippen molar-refractivity contribution < 1.29 is 5.11 Å². The number of hydrogen-bond donors (Lipinski definition) is 1. The smallest absolute Gasteiger partial charge is 0.264 e. The van der Waals surface area contributed by atoms with Gasteiger partial charge in [-0.05, 0) is 67.8 Å². The molecule has 0 aliphatic rings. The van der Waals surface area contributed by atoms with E-state index in [9.17, 15) is 4.79 Å². The number of imidazole rings is 1. The summed E-state index contributed by atoms with van der Waals surface area (Å²) >= 11 is 0. The van der Waals surface area contributed by atoms with Gasteiger partial charge in [0.15, 0.2) is 0 Å². The molecule has 2 aromatic heterocycles. The molecule has 0 spiro atoms. The fraction of sp³-hybridized carbons (Fsp3) is 0.280. The highest BCUT2D eigenvalue weighted by molar-refractivity contribution is 6.15. The Morgan fingerprint density at radius 2 is 1.48 bits per heavy atom. The normalized spacial score (nSPS) is 11.5. The molecular weight excluding hydrogens is 360 g/mol. The van der Waals surface area contributed by atoms with Crippen molar-refractivity contribution in [3.63, 3.8) is 0 Å². The van der Waals surface area contributed by atoms with Crippen molar-refractivity contribution in [3.8, 4) is 0 Å². The highest BCUT2D eigenvalue weighted by Crippen LogP contribution is 2.33. The van der Waals surface area contributed by atoms with E-state index in [0.29, 0.717) is 6.61 Å². The third-order valence-electron chi connectivity index (χ3n) is 6.08. The first-order chi connectivity index (χ1) is 13.9. The molecule has 0 fully saturated rings. The van der Waals surface area contributed by atoms with Crippen LogP contribution in [-0.4, -0.2) is 21.1 Å². The molecule has 2 heterocycles. The largest absolute Gasteiger partial charge is 0.396 e. The monoisotopic (exact) mass is 386 g/mol. The lowest BCUT2D eigenvalue weighted by Gasteiger charge is -2.11. The van der Waals surface area contributed by atoms with Crippen LogP contribution in [0.25, 0.3) is 38.2 Å². The fourth-order valence-electron chi connectivity index (χ4n) is 4.15. The van der Waals surface area contributed by atoms with E-state index in [1.165, 1.54) is 11.1 Å². The molecule has 0 aliphatic heterocycles. The summed E-state index contributed by atoms with van der Waals surface area (Å²) in [5.41, 5.74) is 7.45. The van der Waals surface area contributed by atoms with Gasteiger partial charge in [-0.25, -0.2) is 4.98 Å². The highest BCUT2D eigenvalue weighted by Gasteiger charge is 2.20. The van der Waals surface area contributed by atoms with Crippen LogP contribution in [0.5, 0.6) is 0 Å². The molecular formula is C25H26N2O2. The summed E-state index contributed by atoms with van der Waals surface area (Å²) in [7, 11) is 0. The van der Waals surface area contributed by atoms with Crippen molar-refractivity contribution >= 4 is 38.2 Å². The van der Waals surface area contributed by atoms with E-state index in [0.717, 1.165) is 55.8 Å². The minimum absolute atomic E-state index is 0.0209. The Balaban J connectivity index is 0.000000472. The lowest BCUT2D eigenvalue weighted by molar-refractivity contribution is 0.295. The van der Waals surface area contributed by atoms with E-state index in [2.05, 4.69) is 45.9 Å². The van der Waals surface area contributed by atoms with E-state index >= 15 is 0 Å². The molecule has 0 aliphatic carbocycles. The maximum absolute atomic E-state index is 13.4. The van der Waals surface area contributed by atoms with Crippen molar-refractivity contribution in [2.24, 2.45) is 0 Å². The Morgan fingerprint density at radius 3 is 2.10 bits per heavy atom. The van der Waals surface area contributed by atoms with E-state index in [-0.39, 0.29) is 5.56 Å². The predicted molar refractivity (Wildman–Crippen MR) is 121 cm³/mol. The number of aliphatic hydroxyl groups excluding tert-OH is 1. The first-order valence-corrected chi connectivity index (χ1v) is 10.1. The van der Waals surface area contributed by atoms with Gasteiger partial charge in [0.1, 0.15) is 5.65 Å². The van der Waals surface area contributed by atoms with Crippen LogP contribution in [0.4, 0.5) is 0 Å². The first-order valence-electron chi connectivity index (χ1n) is 10.1. The van der Waals surface area contributed by atoms with Crippen LogP contribution in [0.3, 0.4) is 0 Å². The number of nitrogens with zero attached hydrogens (tertiary/aromatic N) is 2. The molecule has 29 heavy (non-hydrogen) atoms. The zero-order valence-corrected chi connectivity index (χ0v) is 17.6. The summed E-state index contributed by atoms with van der Waals surface area (Å²) in [6, 6.07) is 12.1. The third kappa shape index (κ3) is 2.70. The highest BCUT2D eigenvalue weighted by atomic mass is 16.2. The quantitative estimate of drug-likeness (QED) is 0.430. The van der Waals surface area contributed by atoms with Crippen molar-refractivity contribution in [3.05, 3.63) is 69.0 Å². The molecule has 0 radical (unpaired) electrons. The van der Waals surface area contributed by atoms with Gasteiger partial charge in [0, 0.05) is 22.8 Å². The van der Waals surface area contributed by atoms with E-state index in [1.54, 1.807) is 0 Å². The van der Waals surface area contributed by atoms with Gasteiger partial charge in [0.05, 0.1) is 11.0 Å². The maximum Gasteiger partial charge on any atom is 0.264 e. The van der Waals surface area contributed by atoms with Crippen LogP contribution < -0.4 is 5.56 Å². The van der Waals surface area contributed by atoms with Crippen LogP contribution in [-0.2, 0) is 0 Å². The molecule has 148 valence electrons. The average Bonchev–Trinajstić information content (AvgIpc) is 3.16. The zero-order valence-electron chi connectivity index (χ0n) is 17.6. The molecule has 1 N–H and O–H groups in total. The molecule has 0 bridgehead atoms. The molecule has 5 rings (SSSR count). The lowest BCUT2D eigenvalue weighted by atomic mass is 9.97. The van der Waals surface area contributed by atoms with E-state index < -0.39 is 0 Å². The summed E-state index contributed by atoms with van der Waals surface area (Å²) < 4.78 is 1.82. The Kier molecular flexibility index (Phi) is 4.75. The van der Waals surface area contributed by atoms with Gasteiger partial charge in [-0.1, -0.05) is 37.3 Å². The van der Waals surface area contributed by atoms with Crippen LogP contribution in [0, 0.1) is 27.7 Å². The number of hydrogen-bond acceptors (Lipinski definition) is 3. The molecule has 5 aromatic rings. The number of fused-ring (bicyclic) bond motifs is 4. The minimum atomic E-state index is 0.0209. The fourth-order valence-corrected chi connectivity index (χ4v) is 4.15. The number of aliphatic hydroxyl groups is 1. The third-order valence-corrected chi connectivity index (χ3v) is 6.08. The predicted octanol–water partition coefficient (Wildman–Crippen LogP) is 5.21. The van der Waals surface area contributed by atoms with Crippen molar-refractivity contribution in [1.29, 1.82) is 0 Å². The van der Waals surface area contributed by atoms with Gasteiger partial charge in [-0.3, -0.25) is 9.20 Å². The Bertz CT molecular complexity index is 1420. The summed E-state index contributed by atoms with van der Waals surface area (Å²) in [6.45, 7) is 10.7. The lowest BCUT2D eigenvalue weighted by Crippen LogP contribution is -2.14. The molecule has 4 heteroatoms. The summed E-state index contributed by atoms with van der Waals surface area (Å²) in [4.78, 5) is 18.3. The average molecular weight is 386 g/mol. The van der Waals surface area contributed by atoms with Crippen molar-refractivity contribution in [1.82, 2.24) is 9.38 Å². The molecule has 0 atom stereocenters. The second-order valence-corrected chi connectivity index (χ2v) is 7.71. The molecule has 3 aromatic carbocycles. The van der Waals surface area contributed by atoms with Gasteiger partial charge in [-0.15, -0.1) is 0 Å². The number of aromatic nitrogens is 2. The van der Waals surface area contributed by atoms with Crippen LogP contribution in [0.2, 0.25) is 0 Å². The molecule has 0 unspecified atom stereocenters. The zero-order chi connectivity index (χ0) is 20.9. The number of aryl methyl sites for hydroxylation is 2. The molecule has 0 amide bonds. The van der Waals surface area contributed by atoms with Crippen molar-refractivity contribution in [2.45, 2.75) is 41.0 Å². The molecule has 0 saturated heterocycles. The number of benzene rings is 3. The van der Waals surface area contributed by atoms with Crippen LogP contribution >= 0.6 is 0 Å². The summed E-state index contributed by atoms with van der Waals surface area (Å²) in [6.07, 6.45) is 0.875. The topological polar surface area (TPSA) is 54.6 Å². The standard InChI is InChI=1S/C22H18N2O.C3H8O/c1-11-12(2)14(4)20-19(13(11)3)23-21-16-9-5-7-15-8-6-10-17(18(15)16)22(25)24(20)21;1-2-3-4/h5-10H,1-4H3;4H,2-3H2,1H3. The summed E-state index contributed by atoms with van der Waals surface area (Å²) in [5.74, 6) is 0. The van der Waals surface area contributed by atoms with Gasteiger partial charge in [-0.2, -0.15) is 0 Å². The number of rotatable bonds is 1. The minimum Gasteiger partial charge on any atom is -0.396 e. The second kappa shape index (κ2) is 7.12. The van der Waals surface area contributed by atoms with Gasteiger partial charge < -0.3 is 5.11 Å². The van der Waals surface area contributed by atoms with Gasteiger partial charge >= 0.3 is 0 Å². The summed E-state index contributed by atoms with van der Waals surface area (Å²) in [5, 5.41) is 11.8. The van der Waals surface area contributed by atoms with E-state index in [1.807, 2.05) is 29.5 Å². The van der Waals surface area contributed by atoms with Gasteiger partial charge in [0.2, 0.25) is 0 Å². The van der Waals surface area contributed by atoms with Crippen LogP contribution in [0.1, 0.15) is 35.6 Å². The first kappa shape index (κ1) is 19.3. The molecule has 4 nitrogen and oxygen atoms in total. The van der Waals surface area contributed by atoms with Crippen molar-refractivity contribution in [2.75, 3.05) is 6.61 Å². The Labute approximate surface area is 169 Å².